The van der Waals surface area contributed by atoms with E-state index in [2.05, 4.69) is 16.3 Å². The highest BCUT2D eigenvalue weighted by molar-refractivity contribution is 5.85. The van der Waals surface area contributed by atoms with Gasteiger partial charge in [-0.25, -0.2) is 0 Å². The van der Waals surface area contributed by atoms with Crippen LogP contribution in [0.25, 0.3) is 0 Å². The molecule has 1 atom stereocenters. The van der Waals surface area contributed by atoms with Gasteiger partial charge >= 0.3 is 0 Å². The predicted molar refractivity (Wildman–Crippen MR) is 71.5 cm³/mol. The highest BCUT2D eigenvalue weighted by Crippen LogP contribution is 2.22. The third kappa shape index (κ3) is 2.66. The largest absolute Gasteiger partial charge is 0.353 e. The molecule has 0 radical (unpaired) electrons. The molecule has 2 heterocycles. The summed E-state index contributed by atoms with van der Waals surface area (Å²) in [6.07, 6.45) is 6.11. The van der Waals surface area contributed by atoms with E-state index in [1.807, 2.05) is 4.90 Å². The molecule has 0 aromatic heterocycles. The van der Waals surface area contributed by atoms with E-state index >= 15 is 0 Å². The molecule has 1 aliphatic carbocycles. The number of carbonyl (C=O) groups excluding carboxylic acids is 2. The molecule has 2 amide bonds. The summed E-state index contributed by atoms with van der Waals surface area (Å²) in [5.74, 6) is 0.259. The van der Waals surface area contributed by atoms with Crippen LogP contribution in [0.5, 0.6) is 0 Å². The Kier molecular flexibility index (Phi) is 3.55. The minimum absolute atomic E-state index is 0.0730. The van der Waals surface area contributed by atoms with Gasteiger partial charge < -0.3 is 10.2 Å². The Labute approximate surface area is 113 Å². The number of nitrogens with one attached hydrogen (secondary N) is 1. The molecule has 0 bridgehead atoms. The molecule has 3 rings (SSSR count). The van der Waals surface area contributed by atoms with Crippen molar-refractivity contribution in [3.05, 3.63) is 11.6 Å². The fourth-order valence-corrected chi connectivity index (χ4v) is 3.21. The standard InChI is InChI=1S/C14H21N3O2/c18-13(9-11-3-1-2-4-11)17-8-7-16-6-5-15-14(19)12(16)10-17/h3,12H,1-2,4-10H2,(H,15,19). The zero-order chi connectivity index (χ0) is 13.2. The quantitative estimate of drug-likeness (QED) is 0.721. The third-order valence-electron chi connectivity index (χ3n) is 4.36. The molecule has 1 N–H and O–H groups in total. The summed E-state index contributed by atoms with van der Waals surface area (Å²) in [4.78, 5) is 28.2. The van der Waals surface area contributed by atoms with Crippen LogP contribution in [-0.2, 0) is 9.59 Å². The van der Waals surface area contributed by atoms with Gasteiger partial charge in [-0.05, 0) is 19.3 Å². The highest BCUT2D eigenvalue weighted by Gasteiger charge is 2.36. The van der Waals surface area contributed by atoms with Crippen LogP contribution in [0.4, 0.5) is 0 Å². The minimum Gasteiger partial charge on any atom is -0.353 e. The van der Waals surface area contributed by atoms with Gasteiger partial charge in [0.15, 0.2) is 0 Å². The Bertz CT molecular complexity index is 419. The molecule has 19 heavy (non-hydrogen) atoms. The van der Waals surface area contributed by atoms with Crippen molar-refractivity contribution in [2.75, 3.05) is 32.7 Å². The second kappa shape index (κ2) is 5.33. The average molecular weight is 263 g/mol. The van der Waals surface area contributed by atoms with Crippen LogP contribution in [-0.4, -0.2) is 60.4 Å². The first kappa shape index (κ1) is 12.7. The van der Waals surface area contributed by atoms with Crippen molar-refractivity contribution in [1.29, 1.82) is 0 Å². The van der Waals surface area contributed by atoms with E-state index in [4.69, 9.17) is 0 Å². The lowest BCUT2D eigenvalue weighted by molar-refractivity contribution is -0.139. The van der Waals surface area contributed by atoms with E-state index in [1.165, 1.54) is 12.0 Å². The summed E-state index contributed by atoms with van der Waals surface area (Å²) in [6.45, 7) is 3.77. The number of piperazine rings is 2. The lowest BCUT2D eigenvalue weighted by Gasteiger charge is -2.43. The maximum atomic E-state index is 12.3. The number of hydrogen-bond acceptors (Lipinski definition) is 3. The first-order chi connectivity index (χ1) is 9.24. The number of rotatable bonds is 2. The van der Waals surface area contributed by atoms with Gasteiger partial charge in [0.1, 0.15) is 6.04 Å². The van der Waals surface area contributed by atoms with Gasteiger partial charge in [-0.15, -0.1) is 0 Å². The average Bonchev–Trinajstić information content (AvgIpc) is 2.92. The fraction of sp³-hybridized carbons (Fsp3) is 0.714. The molecule has 3 aliphatic rings. The fourth-order valence-electron chi connectivity index (χ4n) is 3.21. The van der Waals surface area contributed by atoms with Crippen molar-refractivity contribution in [2.24, 2.45) is 0 Å². The van der Waals surface area contributed by atoms with Gasteiger partial charge in [-0.3, -0.25) is 14.5 Å². The van der Waals surface area contributed by atoms with E-state index in [-0.39, 0.29) is 17.9 Å². The van der Waals surface area contributed by atoms with Gasteiger partial charge in [-0.2, -0.15) is 0 Å². The summed E-state index contributed by atoms with van der Waals surface area (Å²) in [5, 5.41) is 2.88. The number of carbonyl (C=O) groups is 2. The minimum atomic E-state index is -0.135. The first-order valence-corrected chi connectivity index (χ1v) is 7.21. The topological polar surface area (TPSA) is 52.7 Å². The summed E-state index contributed by atoms with van der Waals surface area (Å²) >= 11 is 0. The molecule has 0 aromatic carbocycles. The van der Waals surface area contributed by atoms with Crippen molar-refractivity contribution in [2.45, 2.75) is 31.7 Å². The van der Waals surface area contributed by atoms with Crippen molar-refractivity contribution in [3.63, 3.8) is 0 Å². The molecule has 104 valence electrons. The van der Waals surface area contributed by atoms with Crippen LogP contribution >= 0.6 is 0 Å². The summed E-state index contributed by atoms with van der Waals surface area (Å²) in [7, 11) is 0. The van der Waals surface area contributed by atoms with Crippen LogP contribution in [0, 0.1) is 0 Å². The molecule has 5 nitrogen and oxygen atoms in total. The SMILES string of the molecule is O=C1NCCN2CCN(C(=O)CC3=CCCC3)CC12. The van der Waals surface area contributed by atoms with Crippen molar-refractivity contribution >= 4 is 11.8 Å². The Hall–Kier alpha value is -1.36. The highest BCUT2D eigenvalue weighted by atomic mass is 16.2. The molecular weight excluding hydrogens is 242 g/mol. The molecule has 0 saturated carbocycles. The Morgan fingerprint density at radius 1 is 1.37 bits per heavy atom. The summed E-state index contributed by atoms with van der Waals surface area (Å²) in [5.41, 5.74) is 1.28. The monoisotopic (exact) mass is 263 g/mol. The van der Waals surface area contributed by atoms with Crippen LogP contribution < -0.4 is 5.32 Å². The number of amides is 2. The molecule has 1 unspecified atom stereocenters. The van der Waals surface area contributed by atoms with Gasteiger partial charge in [0, 0.05) is 39.1 Å². The predicted octanol–water partition coefficient (Wildman–Crippen LogP) is 0.129. The Morgan fingerprint density at radius 2 is 2.26 bits per heavy atom. The number of allylic oxidation sites excluding steroid dienone is 1. The molecule has 2 aliphatic heterocycles. The Morgan fingerprint density at radius 3 is 3.05 bits per heavy atom. The normalized spacial score (nSPS) is 27.8. The van der Waals surface area contributed by atoms with E-state index in [0.29, 0.717) is 13.0 Å². The Balaban J connectivity index is 1.59. The molecular formula is C14H21N3O2. The zero-order valence-electron chi connectivity index (χ0n) is 11.2. The van der Waals surface area contributed by atoms with Crippen LogP contribution in [0.1, 0.15) is 25.7 Å². The second-order valence-electron chi connectivity index (χ2n) is 5.61. The lowest BCUT2D eigenvalue weighted by atomic mass is 10.1. The number of fused-ring (bicyclic) bond motifs is 1. The lowest BCUT2D eigenvalue weighted by Crippen LogP contribution is -2.64. The molecule has 2 saturated heterocycles. The molecule has 2 fully saturated rings. The number of hydrogen-bond donors (Lipinski definition) is 1. The van der Waals surface area contributed by atoms with Crippen molar-refractivity contribution < 1.29 is 9.59 Å². The smallest absolute Gasteiger partial charge is 0.239 e. The van der Waals surface area contributed by atoms with Crippen LogP contribution in [0.3, 0.4) is 0 Å². The van der Waals surface area contributed by atoms with E-state index < -0.39 is 0 Å². The molecule has 5 heteroatoms. The maximum absolute atomic E-state index is 12.3. The first-order valence-electron chi connectivity index (χ1n) is 7.21. The van der Waals surface area contributed by atoms with Crippen molar-refractivity contribution in [1.82, 2.24) is 15.1 Å². The molecule has 0 spiro atoms. The van der Waals surface area contributed by atoms with E-state index in [9.17, 15) is 9.59 Å². The van der Waals surface area contributed by atoms with Gasteiger partial charge in [0.2, 0.25) is 11.8 Å². The second-order valence-corrected chi connectivity index (χ2v) is 5.61. The van der Waals surface area contributed by atoms with E-state index in [0.717, 1.165) is 39.0 Å². The van der Waals surface area contributed by atoms with Crippen molar-refractivity contribution in [3.8, 4) is 0 Å². The maximum Gasteiger partial charge on any atom is 0.239 e. The van der Waals surface area contributed by atoms with E-state index in [1.54, 1.807) is 0 Å². The van der Waals surface area contributed by atoms with Gasteiger partial charge in [0.25, 0.3) is 0 Å². The van der Waals surface area contributed by atoms with Crippen LogP contribution in [0.15, 0.2) is 11.6 Å². The summed E-state index contributed by atoms with van der Waals surface area (Å²) in [6, 6.07) is -0.135. The third-order valence-corrected chi connectivity index (χ3v) is 4.36. The van der Waals surface area contributed by atoms with Crippen LogP contribution in [0.2, 0.25) is 0 Å². The zero-order valence-corrected chi connectivity index (χ0v) is 11.2. The van der Waals surface area contributed by atoms with Gasteiger partial charge in [-0.1, -0.05) is 11.6 Å². The molecule has 0 aromatic rings. The number of nitrogens with zero attached hydrogens (tertiary/aromatic N) is 2. The van der Waals surface area contributed by atoms with Gasteiger partial charge in [0.05, 0.1) is 0 Å². The summed E-state index contributed by atoms with van der Waals surface area (Å²) < 4.78 is 0.